The Bertz CT molecular complexity index is 419. The number of hydrogen-bond acceptors (Lipinski definition) is 2. The number of ether oxygens (including phenoxy) is 1. The van der Waals surface area contributed by atoms with Gasteiger partial charge in [0.05, 0.1) is 6.61 Å². The highest BCUT2D eigenvalue weighted by Crippen LogP contribution is 2.40. The van der Waals surface area contributed by atoms with Crippen LogP contribution in [0.3, 0.4) is 0 Å². The first-order valence-corrected chi connectivity index (χ1v) is 7.62. The topological polar surface area (TPSA) is 12.5 Å². The number of rotatable bonds is 4. The summed E-state index contributed by atoms with van der Waals surface area (Å²) in [7, 11) is 0. The van der Waals surface area contributed by atoms with Gasteiger partial charge >= 0.3 is 0 Å². The van der Waals surface area contributed by atoms with Crippen molar-refractivity contribution in [2.75, 3.05) is 26.2 Å². The van der Waals surface area contributed by atoms with Crippen LogP contribution in [0.15, 0.2) is 24.3 Å². The molecular formula is C17H25NO. The quantitative estimate of drug-likeness (QED) is 0.818. The third-order valence-electron chi connectivity index (χ3n) is 4.94. The smallest absolute Gasteiger partial charge is 0.119 e. The van der Waals surface area contributed by atoms with Crippen molar-refractivity contribution in [2.24, 2.45) is 5.41 Å². The molecule has 3 heterocycles. The van der Waals surface area contributed by atoms with Crippen molar-refractivity contribution in [3.8, 4) is 5.75 Å². The SMILES string of the molecule is CC(C)c1cccc(OCC23CCN(CC2)CC3)c1. The predicted octanol–water partition coefficient (Wildman–Crippen LogP) is 3.67. The summed E-state index contributed by atoms with van der Waals surface area (Å²) >= 11 is 0. The highest BCUT2D eigenvalue weighted by molar-refractivity contribution is 5.30. The average molecular weight is 259 g/mol. The van der Waals surface area contributed by atoms with E-state index in [4.69, 9.17) is 4.74 Å². The first-order chi connectivity index (χ1) is 9.17. The molecule has 0 N–H and O–H groups in total. The van der Waals surface area contributed by atoms with Crippen molar-refractivity contribution in [1.29, 1.82) is 0 Å². The van der Waals surface area contributed by atoms with E-state index in [0.29, 0.717) is 11.3 Å². The van der Waals surface area contributed by atoms with Gasteiger partial charge < -0.3 is 9.64 Å². The van der Waals surface area contributed by atoms with E-state index in [1.54, 1.807) is 0 Å². The van der Waals surface area contributed by atoms with Crippen LogP contribution >= 0.6 is 0 Å². The third-order valence-corrected chi connectivity index (χ3v) is 4.94. The van der Waals surface area contributed by atoms with Gasteiger partial charge in [0.25, 0.3) is 0 Å². The van der Waals surface area contributed by atoms with Crippen molar-refractivity contribution in [3.05, 3.63) is 29.8 Å². The van der Waals surface area contributed by atoms with E-state index in [2.05, 4.69) is 43.0 Å². The van der Waals surface area contributed by atoms with Gasteiger partial charge in [0, 0.05) is 5.41 Å². The molecule has 2 nitrogen and oxygen atoms in total. The Morgan fingerprint density at radius 3 is 2.47 bits per heavy atom. The van der Waals surface area contributed by atoms with Gasteiger partial charge in [0.15, 0.2) is 0 Å². The van der Waals surface area contributed by atoms with Crippen LogP contribution in [0.4, 0.5) is 0 Å². The van der Waals surface area contributed by atoms with Gasteiger partial charge in [-0.25, -0.2) is 0 Å². The molecule has 0 saturated carbocycles. The number of fused-ring (bicyclic) bond motifs is 3. The van der Waals surface area contributed by atoms with Crippen molar-refractivity contribution in [3.63, 3.8) is 0 Å². The molecule has 4 rings (SSSR count). The summed E-state index contributed by atoms with van der Waals surface area (Å²) < 4.78 is 6.14. The van der Waals surface area contributed by atoms with E-state index in [1.165, 1.54) is 44.5 Å². The first kappa shape index (κ1) is 13.0. The summed E-state index contributed by atoms with van der Waals surface area (Å²) in [4.78, 5) is 2.58. The van der Waals surface area contributed by atoms with E-state index in [9.17, 15) is 0 Å². The minimum atomic E-state index is 0.461. The lowest BCUT2D eigenvalue weighted by Gasteiger charge is -2.48. The van der Waals surface area contributed by atoms with Crippen LogP contribution in [0, 0.1) is 5.41 Å². The number of benzene rings is 1. The largest absolute Gasteiger partial charge is 0.493 e. The van der Waals surface area contributed by atoms with Gasteiger partial charge in [-0.1, -0.05) is 26.0 Å². The molecule has 2 heteroatoms. The van der Waals surface area contributed by atoms with E-state index in [1.807, 2.05) is 0 Å². The van der Waals surface area contributed by atoms with Gasteiger partial charge in [-0.05, 0) is 62.5 Å². The second kappa shape index (κ2) is 5.16. The van der Waals surface area contributed by atoms with Gasteiger partial charge in [-0.3, -0.25) is 0 Å². The van der Waals surface area contributed by atoms with Crippen molar-refractivity contribution in [1.82, 2.24) is 4.90 Å². The molecule has 1 aromatic carbocycles. The van der Waals surface area contributed by atoms with E-state index >= 15 is 0 Å². The molecular weight excluding hydrogens is 234 g/mol. The highest BCUT2D eigenvalue weighted by atomic mass is 16.5. The molecule has 0 aliphatic carbocycles. The fourth-order valence-electron chi connectivity index (χ4n) is 3.31. The van der Waals surface area contributed by atoms with E-state index in [-0.39, 0.29) is 0 Å². The maximum atomic E-state index is 6.14. The predicted molar refractivity (Wildman–Crippen MR) is 78.8 cm³/mol. The van der Waals surface area contributed by atoms with Crippen LogP contribution in [0.1, 0.15) is 44.6 Å². The Morgan fingerprint density at radius 2 is 1.84 bits per heavy atom. The fraction of sp³-hybridized carbons (Fsp3) is 0.647. The van der Waals surface area contributed by atoms with Crippen LogP contribution in [-0.4, -0.2) is 31.1 Å². The second-order valence-corrected chi connectivity index (χ2v) is 6.61. The molecule has 19 heavy (non-hydrogen) atoms. The maximum Gasteiger partial charge on any atom is 0.119 e. The summed E-state index contributed by atoms with van der Waals surface area (Å²) in [5.41, 5.74) is 1.83. The molecule has 3 aliphatic heterocycles. The standard InChI is InChI=1S/C17H25NO/c1-14(2)15-4-3-5-16(12-15)19-13-17-6-9-18(10-7-17)11-8-17/h3-5,12,14H,6-11,13H2,1-2H3. The zero-order chi connectivity index (χ0) is 13.3. The molecule has 0 amide bonds. The Kier molecular flexibility index (Phi) is 3.53. The monoisotopic (exact) mass is 259 g/mol. The molecule has 0 aromatic heterocycles. The normalized spacial score (nSPS) is 29.7. The third kappa shape index (κ3) is 2.79. The zero-order valence-corrected chi connectivity index (χ0v) is 12.2. The van der Waals surface area contributed by atoms with Gasteiger partial charge in [0.1, 0.15) is 5.75 Å². The number of piperidine rings is 3. The lowest BCUT2D eigenvalue weighted by atomic mass is 9.73. The highest BCUT2D eigenvalue weighted by Gasteiger charge is 2.39. The van der Waals surface area contributed by atoms with Gasteiger partial charge in [0.2, 0.25) is 0 Å². The molecule has 1 aromatic rings. The lowest BCUT2D eigenvalue weighted by molar-refractivity contribution is -0.00768. The van der Waals surface area contributed by atoms with Crippen LogP contribution in [0.25, 0.3) is 0 Å². The van der Waals surface area contributed by atoms with E-state index < -0.39 is 0 Å². The molecule has 0 unspecified atom stereocenters. The molecule has 3 fully saturated rings. The van der Waals surface area contributed by atoms with Crippen LogP contribution in [0.5, 0.6) is 5.75 Å². The minimum Gasteiger partial charge on any atom is -0.493 e. The molecule has 2 bridgehead atoms. The summed E-state index contributed by atoms with van der Waals surface area (Å²) in [5, 5.41) is 0. The minimum absolute atomic E-state index is 0.461. The molecule has 0 radical (unpaired) electrons. The lowest BCUT2D eigenvalue weighted by Crippen LogP contribution is -2.50. The Morgan fingerprint density at radius 1 is 1.16 bits per heavy atom. The Labute approximate surface area is 116 Å². The van der Waals surface area contributed by atoms with E-state index in [0.717, 1.165) is 12.4 Å². The van der Waals surface area contributed by atoms with Crippen molar-refractivity contribution < 1.29 is 4.74 Å². The van der Waals surface area contributed by atoms with Gasteiger partial charge in [-0.15, -0.1) is 0 Å². The second-order valence-electron chi connectivity index (χ2n) is 6.61. The van der Waals surface area contributed by atoms with Gasteiger partial charge in [-0.2, -0.15) is 0 Å². The van der Waals surface area contributed by atoms with Crippen molar-refractivity contribution >= 4 is 0 Å². The Balaban J connectivity index is 1.64. The number of nitrogens with zero attached hydrogens (tertiary/aromatic N) is 1. The molecule has 0 spiro atoms. The summed E-state index contributed by atoms with van der Waals surface area (Å²) in [6.07, 6.45) is 3.95. The average Bonchev–Trinajstić information content (AvgIpc) is 2.47. The fourth-order valence-corrected chi connectivity index (χ4v) is 3.31. The summed E-state index contributed by atoms with van der Waals surface area (Å²) in [5.74, 6) is 1.62. The summed E-state index contributed by atoms with van der Waals surface area (Å²) in [6.45, 7) is 9.19. The van der Waals surface area contributed by atoms with Crippen LogP contribution in [-0.2, 0) is 0 Å². The molecule has 3 aliphatic rings. The molecule has 104 valence electrons. The zero-order valence-electron chi connectivity index (χ0n) is 12.2. The maximum absolute atomic E-state index is 6.14. The molecule has 0 atom stereocenters. The Hall–Kier alpha value is -1.02. The van der Waals surface area contributed by atoms with Crippen LogP contribution < -0.4 is 4.74 Å². The molecule has 3 saturated heterocycles. The van der Waals surface area contributed by atoms with Crippen molar-refractivity contribution in [2.45, 2.75) is 39.0 Å². The summed E-state index contributed by atoms with van der Waals surface area (Å²) in [6, 6.07) is 8.61. The van der Waals surface area contributed by atoms with Crippen LogP contribution in [0.2, 0.25) is 0 Å². The number of hydrogen-bond donors (Lipinski definition) is 0. The first-order valence-electron chi connectivity index (χ1n) is 7.62.